The summed E-state index contributed by atoms with van der Waals surface area (Å²) in [5, 5.41) is 13.4. The van der Waals surface area contributed by atoms with E-state index in [9.17, 15) is 9.90 Å². The van der Waals surface area contributed by atoms with Crippen molar-refractivity contribution in [3.8, 4) is 11.3 Å². The molecule has 1 fully saturated rings. The predicted octanol–water partition coefficient (Wildman–Crippen LogP) is 2.38. The van der Waals surface area contributed by atoms with Crippen LogP contribution in [0.4, 0.5) is 0 Å². The molecular weight excluding hydrogens is 244 g/mol. The Kier molecular flexibility index (Phi) is 2.83. The molecule has 5 heteroatoms. The second kappa shape index (κ2) is 4.51. The van der Waals surface area contributed by atoms with Crippen molar-refractivity contribution >= 4 is 5.97 Å². The van der Waals surface area contributed by atoms with Gasteiger partial charge in [0.05, 0.1) is 0 Å². The number of aromatic carboxylic acids is 1. The van der Waals surface area contributed by atoms with Gasteiger partial charge >= 0.3 is 5.97 Å². The Morgan fingerprint density at radius 1 is 1.42 bits per heavy atom. The molecule has 0 spiro atoms. The van der Waals surface area contributed by atoms with Gasteiger partial charge in [-0.15, -0.1) is 0 Å². The Morgan fingerprint density at radius 3 is 2.79 bits per heavy atom. The van der Waals surface area contributed by atoms with Gasteiger partial charge in [0, 0.05) is 18.0 Å². The lowest BCUT2D eigenvalue weighted by Gasteiger charge is -2.05. The third-order valence-electron chi connectivity index (χ3n) is 3.37. The first-order valence-electron chi connectivity index (χ1n) is 6.23. The Hall–Kier alpha value is -2.14. The van der Waals surface area contributed by atoms with Crippen LogP contribution in [0.3, 0.4) is 0 Å². The van der Waals surface area contributed by atoms with Crippen LogP contribution in [0, 0.1) is 0 Å². The first-order chi connectivity index (χ1) is 9.22. The van der Waals surface area contributed by atoms with Gasteiger partial charge in [0.2, 0.25) is 0 Å². The SMILES string of the molecule is NCc1ccccc1-c1noc(C2CC2)c1C(=O)O. The van der Waals surface area contributed by atoms with Crippen molar-refractivity contribution in [2.45, 2.75) is 25.3 Å². The zero-order valence-electron chi connectivity index (χ0n) is 10.3. The minimum atomic E-state index is -0.995. The topological polar surface area (TPSA) is 89.4 Å². The van der Waals surface area contributed by atoms with Crippen LogP contribution in [0.2, 0.25) is 0 Å². The Labute approximate surface area is 110 Å². The zero-order chi connectivity index (χ0) is 13.4. The van der Waals surface area contributed by atoms with E-state index in [2.05, 4.69) is 5.16 Å². The maximum absolute atomic E-state index is 11.5. The van der Waals surface area contributed by atoms with Crippen LogP contribution in [0.1, 0.15) is 40.4 Å². The highest BCUT2D eigenvalue weighted by atomic mass is 16.5. The summed E-state index contributed by atoms with van der Waals surface area (Å²) in [4.78, 5) is 11.5. The Balaban J connectivity index is 2.17. The number of carbonyl (C=O) groups is 1. The summed E-state index contributed by atoms with van der Waals surface area (Å²) in [5.41, 5.74) is 7.85. The van der Waals surface area contributed by atoms with Crippen molar-refractivity contribution in [2.75, 3.05) is 0 Å². The van der Waals surface area contributed by atoms with Crippen molar-refractivity contribution in [3.05, 3.63) is 41.2 Å². The molecule has 1 saturated carbocycles. The molecule has 98 valence electrons. The largest absolute Gasteiger partial charge is 0.477 e. The van der Waals surface area contributed by atoms with Gasteiger partial charge in [-0.3, -0.25) is 0 Å². The van der Waals surface area contributed by atoms with Crippen molar-refractivity contribution in [1.82, 2.24) is 5.16 Å². The molecule has 3 N–H and O–H groups in total. The molecular formula is C14H14N2O3. The van der Waals surface area contributed by atoms with Crippen molar-refractivity contribution in [2.24, 2.45) is 5.73 Å². The van der Waals surface area contributed by atoms with Gasteiger partial charge < -0.3 is 15.4 Å². The maximum atomic E-state index is 11.5. The normalized spacial score (nSPS) is 14.6. The third-order valence-corrected chi connectivity index (χ3v) is 3.37. The van der Waals surface area contributed by atoms with Crippen LogP contribution < -0.4 is 5.73 Å². The molecule has 0 saturated heterocycles. The van der Waals surface area contributed by atoms with E-state index in [1.807, 2.05) is 24.3 Å². The second-order valence-corrected chi connectivity index (χ2v) is 4.71. The minimum absolute atomic E-state index is 0.184. The molecule has 1 heterocycles. The lowest BCUT2D eigenvalue weighted by molar-refractivity contribution is 0.0695. The molecule has 1 aliphatic rings. The smallest absolute Gasteiger partial charge is 0.341 e. The number of rotatable bonds is 4. The summed E-state index contributed by atoms with van der Waals surface area (Å²) in [5.74, 6) is -0.295. The van der Waals surface area contributed by atoms with Crippen LogP contribution in [-0.4, -0.2) is 16.2 Å². The van der Waals surface area contributed by atoms with Gasteiger partial charge in [-0.1, -0.05) is 29.4 Å². The molecule has 0 aliphatic heterocycles. The fourth-order valence-electron chi connectivity index (χ4n) is 2.25. The number of carboxylic acids is 1. The molecule has 0 amide bonds. The lowest BCUT2D eigenvalue weighted by atomic mass is 9.99. The van der Waals surface area contributed by atoms with E-state index in [4.69, 9.17) is 10.3 Å². The number of hydrogen-bond donors (Lipinski definition) is 2. The molecule has 0 radical (unpaired) electrons. The Bertz CT molecular complexity index is 629. The van der Waals surface area contributed by atoms with Crippen LogP contribution in [-0.2, 0) is 6.54 Å². The first kappa shape index (κ1) is 11.9. The summed E-state index contributed by atoms with van der Waals surface area (Å²) in [7, 11) is 0. The van der Waals surface area contributed by atoms with E-state index in [0.29, 0.717) is 18.0 Å². The average molecular weight is 258 g/mol. The Morgan fingerprint density at radius 2 is 2.16 bits per heavy atom. The lowest BCUT2D eigenvalue weighted by Crippen LogP contribution is -2.04. The molecule has 2 aromatic rings. The number of nitrogens with zero attached hydrogens (tertiary/aromatic N) is 1. The molecule has 1 aliphatic carbocycles. The molecule has 0 bridgehead atoms. The van der Waals surface area contributed by atoms with Gasteiger partial charge in [0.15, 0.2) is 5.76 Å². The molecule has 5 nitrogen and oxygen atoms in total. The standard InChI is InChI=1S/C14H14N2O3/c15-7-9-3-1-2-4-10(9)12-11(14(17)18)13(19-16-12)8-5-6-8/h1-4,8H,5-7,15H2,(H,17,18). The number of benzene rings is 1. The van der Waals surface area contributed by atoms with Crippen molar-refractivity contribution < 1.29 is 14.4 Å². The highest BCUT2D eigenvalue weighted by Crippen LogP contribution is 2.44. The van der Waals surface area contributed by atoms with Gasteiger partial charge in [-0.25, -0.2) is 4.79 Å². The summed E-state index contributed by atoms with van der Waals surface area (Å²) in [6, 6.07) is 7.40. The molecule has 3 rings (SSSR count). The predicted molar refractivity (Wildman–Crippen MR) is 68.8 cm³/mol. The summed E-state index contributed by atoms with van der Waals surface area (Å²) in [6.07, 6.45) is 1.93. The fraction of sp³-hybridized carbons (Fsp3) is 0.286. The number of hydrogen-bond acceptors (Lipinski definition) is 4. The number of carboxylic acid groups (broad SMARTS) is 1. The zero-order valence-corrected chi connectivity index (χ0v) is 10.3. The summed E-state index contributed by atoms with van der Waals surface area (Å²) >= 11 is 0. The van der Waals surface area contributed by atoms with E-state index in [-0.39, 0.29) is 11.5 Å². The molecule has 1 aromatic carbocycles. The molecule has 0 unspecified atom stereocenters. The van der Waals surface area contributed by atoms with Crippen LogP contribution >= 0.6 is 0 Å². The quantitative estimate of drug-likeness (QED) is 0.878. The monoisotopic (exact) mass is 258 g/mol. The molecule has 19 heavy (non-hydrogen) atoms. The average Bonchev–Trinajstić information content (AvgIpc) is 3.17. The number of aromatic nitrogens is 1. The maximum Gasteiger partial charge on any atom is 0.341 e. The molecule has 0 atom stereocenters. The van der Waals surface area contributed by atoms with E-state index >= 15 is 0 Å². The second-order valence-electron chi connectivity index (χ2n) is 4.71. The highest BCUT2D eigenvalue weighted by molar-refractivity contribution is 5.96. The van der Waals surface area contributed by atoms with Crippen molar-refractivity contribution in [3.63, 3.8) is 0 Å². The van der Waals surface area contributed by atoms with Gasteiger partial charge in [-0.05, 0) is 18.4 Å². The first-order valence-corrected chi connectivity index (χ1v) is 6.23. The minimum Gasteiger partial charge on any atom is -0.477 e. The van der Waals surface area contributed by atoms with Crippen LogP contribution in [0.25, 0.3) is 11.3 Å². The summed E-state index contributed by atoms with van der Waals surface area (Å²) in [6.45, 7) is 0.334. The van der Waals surface area contributed by atoms with E-state index in [0.717, 1.165) is 24.0 Å². The number of nitrogens with two attached hydrogens (primary N) is 1. The highest BCUT2D eigenvalue weighted by Gasteiger charge is 2.35. The van der Waals surface area contributed by atoms with E-state index < -0.39 is 5.97 Å². The van der Waals surface area contributed by atoms with Crippen LogP contribution in [0.15, 0.2) is 28.8 Å². The van der Waals surface area contributed by atoms with E-state index in [1.165, 1.54) is 0 Å². The fourth-order valence-corrected chi connectivity index (χ4v) is 2.25. The molecule has 1 aromatic heterocycles. The van der Waals surface area contributed by atoms with Crippen molar-refractivity contribution in [1.29, 1.82) is 0 Å². The summed E-state index contributed by atoms with van der Waals surface area (Å²) < 4.78 is 5.26. The van der Waals surface area contributed by atoms with Gasteiger partial charge in [0.1, 0.15) is 11.3 Å². The van der Waals surface area contributed by atoms with E-state index in [1.54, 1.807) is 0 Å². The van der Waals surface area contributed by atoms with Crippen LogP contribution in [0.5, 0.6) is 0 Å². The van der Waals surface area contributed by atoms with Gasteiger partial charge in [0.25, 0.3) is 0 Å². The van der Waals surface area contributed by atoms with Gasteiger partial charge in [-0.2, -0.15) is 0 Å². The third kappa shape index (κ3) is 2.02.